The average molecular weight is 619 g/mol. The van der Waals surface area contributed by atoms with E-state index in [1.165, 1.54) is 22.3 Å². The van der Waals surface area contributed by atoms with Crippen LogP contribution in [0.3, 0.4) is 0 Å². The largest absolute Gasteiger partial charge is 0.494 e. The van der Waals surface area contributed by atoms with E-state index in [2.05, 4.69) is 138 Å². The van der Waals surface area contributed by atoms with Crippen LogP contribution in [0.25, 0.3) is 0 Å². The molecule has 45 heavy (non-hydrogen) atoms. The minimum Gasteiger partial charge on any atom is -0.494 e. The van der Waals surface area contributed by atoms with E-state index in [0.29, 0.717) is 5.92 Å². The van der Waals surface area contributed by atoms with E-state index in [-0.39, 0.29) is 39.1 Å². The Morgan fingerprint density at radius 1 is 0.756 bits per heavy atom. The topological polar surface area (TPSA) is 33.3 Å². The molecule has 254 valence electrons. The SMILES string of the molecule is C=CCC(Cc1cc(C(C)(C)C)cc(C(C)(C)C)c1)(C(=C)CC1CC(C)(C)NC(C)(C)C1)C(=C)OC1CC(C)(C)NC(C)(C)C1. The standard InChI is InChI=1S/C42H70N2O/c1-18-19-42(29(2)20-32-24-38(10,11)43-39(12,13)25-32,30(3)45-35-27-40(14,15)44-41(16,17)28-35)26-31-21-33(36(4,5)6)23-34(22-31)37(7,8)9/h18,21-23,32,35,43-44H,1-3,19-20,24-28H2,4-17H3. The third kappa shape index (κ3) is 9.83. The van der Waals surface area contributed by atoms with Gasteiger partial charge >= 0.3 is 0 Å². The van der Waals surface area contributed by atoms with Crippen molar-refractivity contribution in [3.63, 3.8) is 0 Å². The maximum absolute atomic E-state index is 7.08. The van der Waals surface area contributed by atoms with Crippen molar-refractivity contribution in [1.29, 1.82) is 0 Å². The van der Waals surface area contributed by atoms with Gasteiger partial charge < -0.3 is 15.4 Å². The Labute approximate surface area is 279 Å². The van der Waals surface area contributed by atoms with Gasteiger partial charge in [0.1, 0.15) is 11.9 Å². The monoisotopic (exact) mass is 619 g/mol. The van der Waals surface area contributed by atoms with Gasteiger partial charge in [0.15, 0.2) is 0 Å². The van der Waals surface area contributed by atoms with Gasteiger partial charge in [0.2, 0.25) is 0 Å². The van der Waals surface area contributed by atoms with E-state index < -0.39 is 5.41 Å². The number of hydrogen-bond acceptors (Lipinski definition) is 3. The van der Waals surface area contributed by atoms with Crippen molar-refractivity contribution in [1.82, 2.24) is 10.6 Å². The lowest BCUT2D eigenvalue weighted by atomic mass is 9.65. The molecule has 1 aromatic carbocycles. The van der Waals surface area contributed by atoms with Gasteiger partial charge in [-0.2, -0.15) is 0 Å². The number of piperidine rings is 2. The van der Waals surface area contributed by atoms with E-state index in [1.807, 2.05) is 0 Å². The molecule has 2 heterocycles. The average Bonchev–Trinajstić information content (AvgIpc) is 2.78. The molecule has 1 aromatic rings. The molecule has 2 fully saturated rings. The first-order valence-electron chi connectivity index (χ1n) is 17.6. The van der Waals surface area contributed by atoms with Crippen LogP contribution in [0.5, 0.6) is 0 Å². The van der Waals surface area contributed by atoms with Gasteiger partial charge in [0.05, 0.1) is 5.41 Å². The van der Waals surface area contributed by atoms with Gasteiger partial charge in [-0.1, -0.05) is 84.5 Å². The van der Waals surface area contributed by atoms with Crippen LogP contribution in [0.1, 0.15) is 152 Å². The lowest BCUT2D eigenvalue weighted by molar-refractivity contribution is -0.00614. The van der Waals surface area contributed by atoms with Crippen LogP contribution < -0.4 is 10.6 Å². The molecule has 0 saturated carbocycles. The summed E-state index contributed by atoms with van der Waals surface area (Å²) in [6.45, 7) is 46.4. The summed E-state index contributed by atoms with van der Waals surface area (Å²) in [5.74, 6) is 1.39. The predicted octanol–water partition coefficient (Wildman–Crippen LogP) is 10.7. The third-order valence-electron chi connectivity index (χ3n) is 10.2. The van der Waals surface area contributed by atoms with Crippen LogP contribution in [0, 0.1) is 11.3 Å². The van der Waals surface area contributed by atoms with Crippen molar-refractivity contribution >= 4 is 0 Å². The number of allylic oxidation sites excluding steroid dienone is 2. The molecule has 3 heteroatoms. The lowest BCUT2D eigenvalue weighted by Crippen LogP contribution is -2.59. The number of nitrogens with one attached hydrogen (secondary N) is 2. The Kier molecular flexibility index (Phi) is 10.6. The van der Waals surface area contributed by atoms with Crippen LogP contribution in [0.4, 0.5) is 0 Å². The number of hydrogen-bond donors (Lipinski definition) is 2. The van der Waals surface area contributed by atoms with Gasteiger partial charge in [0, 0.05) is 35.0 Å². The highest BCUT2D eigenvalue weighted by molar-refractivity contribution is 5.40. The molecule has 2 aliphatic heterocycles. The highest BCUT2D eigenvalue weighted by Gasteiger charge is 2.45. The van der Waals surface area contributed by atoms with Gasteiger partial charge in [-0.15, -0.1) is 6.58 Å². The highest BCUT2D eigenvalue weighted by atomic mass is 16.5. The fourth-order valence-electron chi connectivity index (χ4n) is 8.85. The first kappa shape index (κ1) is 37.6. The zero-order valence-electron chi connectivity index (χ0n) is 31.9. The summed E-state index contributed by atoms with van der Waals surface area (Å²) in [6.07, 6.45) is 8.80. The summed E-state index contributed by atoms with van der Waals surface area (Å²) in [5, 5.41) is 7.70. The molecule has 0 radical (unpaired) electrons. The fourth-order valence-corrected chi connectivity index (χ4v) is 8.85. The fraction of sp³-hybridized carbons (Fsp3) is 0.714. The smallest absolute Gasteiger partial charge is 0.102 e. The van der Waals surface area contributed by atoms with E-state index in [4.69, 9.17) is 17.9 Å². The van der Waals surface area contributed by atoms with Crippen molar-refractivity contribution < 1.29 is 4.74 Å². The molecule has 2 aliphatic rings. The van der Waals surface area contributed by atoms with Crippen LogP contribution in [0.2, 0.25) is 0 Å². The second-order valence-corrected chi connectivity index (χ2v) is 19.6. The Balaban J connectivity index is 2.13. The van der Waals surface area contributed by atoms with Crippen molar-refractivity contribution in [3.8, 4) is 0 Å². The summed E-state index contributed by atoms with van der Waals surface area (Å²) in [6, 6.07) is 7.28. The van der Waals surface area contributed by atoms with Crippen LogP contribution in [-0.4, -0.2) is 28.3 Å². The molecule has 0 bridgehead atoms. The molecule has 2 N–H and O–H groups in total. The zero-order valence-corrected chi connectivity index (χ0v) is 31.9. The van der Waals surface area contributed by atoms with Crippen molar-refractivity contribution in [2.75, 3.05) is 0 Å². The maximum atomic E-state index is 7.08. The minimum atomic E-state index is -0.453. The van der Waals surface area contributed by atoms with Crippen molar-refractivity contribution in [2.45, 2.75) is 181 Å². The van der Waals surface area contributed by atoms with Crippen LogP contribution in [0.15, 0.2) is 55.3 Å². The molecule has 0 amide bonds. The molecule has 1 atom stereocenters. The summed E-state index contributed by atoms with van der Waals surface area (Å²) >= 11 is 0. The molecule has 2 saturated heterocycles. The lowest BCUT2D eigenvalue weighted by Gasteiger charge is -2.49. The molecule has 3 rings (SSSR count). The minimum absolute atomic E-state index is 0.0142. The summed E-state index contributed by atoms with van der Waals surface area (Å²) in [5.41, 5.74) is 5.07. The summed E-state index contributed by atoms with van der Waals surface area (Å²) in [7, 11) is 0. The second kappa shape index (κ2) is 12.6. The Morgan fingerprint density at radius 2 is 1.18 bits per heavy atom. The van der Waals surface area contributed by atoms with Crippen LogP contribution >= 0.6 is 0 Å². The number of benzene rings is 1. The quantitative estimate of drug-likeness (QED) is 0.202. The third-order valence-corrected chi connectivity index (χ3v) is 10.2. The first-order chi connectivity index (χ1) is 20.2. The van der Waals surface area contributed by atoms with E-state index >= 15 is 0 Å². The Bertz CT molecular complexity index is 1130. The van der Waals surface area contributed by atoms with Gasteiger partial charge in [-0.25, -0.2) is 0 Å². The van der Waals surface area contributed by atoms with Gasteiger partial charge in [-0.3, -0.25) is 0 Å². The maximum Gasteiger partial charge on any atom is 0.102 e. The molecule has 0 spiro atoms. The molecule has 0 aromatic heterocycles. The van der Waals surface area contributed by atoms with Crippen molar-refractivity contribution in [2.24, 2.45) is 11.3 Å². The predicted molar refractivity (Wildman–Crippen MR) is 197 cm³/mol. The van der Waals surface area contributed by atoms with Crippen LogP contribution in [-0.2, 0) is 22.0 Å². The first-order valence-corrected chi connectivity index (χ1v) is 17.6. The second-order valence-electron chi connectivity index (χ2n) is 19.6. The molecule has 0 aliphatic carbocycles. The van der Waals surface area contributed by atoms with Gasteiger partial charge in [-0.05, 0) is 121 Å². The molecular weight excluding hydrogens is 548 g/mol. The number of ether oxygens (including phenoxy) is 1. The summed E-state index contributed by atoms with van der Waals surface area (Å²) < 4.78 is 7.08. The zero-order chi connectivity index (χ0) is 34.4. The summed E-state index contributed by atoms with van der Waals surface area (Å²) in [4.78, 5) is 0. The number of rotatable bonds is 10. The van der Waals surface area contributed by atoms with E-state index in [9.17, 15) is 0 Å². The Morgan fingerprint density at radius 3 is 1.58 bits per heavy atom. The normalized spacial score (nSPS) is 23.2. The van der Waals surface area contributed by atoms with Gasteiger partial charge in [0.25, 0.3) is 0 Å². The molecule has 3 nitrogen and oxygen atoms in total. The van der Waals surface area contributed by atoms with E-state index in [0.717, 1.165) is 50.7 Å². The highest BCUT2D eigenvalue weighted by Crippen LogP contribution is 2.49. The Hall–Kier alpha value is -1.84. The van der Waals surface area contributed by atoms with Crippen molar-refractivity contribution in [3.05, 3.63) is 72.0 Å². The molecule has 1 unspecified atom stereocenters. The van der Waals surface area contributed by atoms with E-state index in [1.54, 1.807) is 0 Å². The molecular formula is C42H70N2O.